The largest absolute Gasteiger partial charge is 0.321 e. The smallest absolute Gasteiger partial charge is 0.259 e. The van der Waals surface area contributed by atoms with Crippen LogP contribution >= 0.6 is 15.9 Å². The Balaban J connectivity index is 2.15. The molecule has 0 spiro atoms. The first-order valence-corrected chi connectivity index (χ1v) is 8.15. The Morgan fingerprint density at radius 3 is 2.86 bits per heavy atom. The van der Waals surface area contributed by atoms with Crippen molar-refractivity contribution in [1.29, 1.82) is 0 Å². The lowest BCUT2D eigenvalue weighted by Gasteiger charge is -2.12. The minimum Gasteiger partial charge on any atom is -0.321 e. The Morgan fingerprint density at radius 2 is 2.10 bits per heavy atom. The second-order valence-corrected chi connectivity index (χ2v) is 6.75. The van der Waals surface area contributed by atoms with Gasteiger partial charge in [0.05, 0.1) is 28.2 Å². The lowest BCUT2D eigenvalue weighted by molar-refractivity contribution is 0.480. The number of nitrogens with one attached hydrogen (secondary N) is 1. The molecule has 4 nitrogen and oxygen atoms in total. The summed E-state index contributed by atoms with van der Waals surface area (Å²) >= 11 is 3.47. The molecule has 0 aliphatic heterocycles. The van der Waals surface area contributed by atoms with E-state index < -0.39 is 0 Å². The van der Waals surface area contributed by atoms with Gasteiger partial charge in [-0.2, -0.15) is 5.10 Å². The van der Waals surface area contributed by atoms with Crippen molar-refractivity contribution in [2.45, 2.75) is 38.6 Å². The Morgan fingerprint density at radius 1 is 1.33 bits per heavy atom. The summed E-state index contributed by atoms with van der Waals surface area (Å²) in [6, 6.07) is 6.46. The Hall–Kier alpha value is -1.62. The van der Waals surface area contributed by atoms with Crippen molar-refractivity contribution in [3.8, 4) is 0 Å². The summed E-state index contributed by atoms with van der Waals surface area (Å²) < 4.78 is 3.07. The highest BCUT2D eigenvalue weighted by Crippen LogP contribution is 2.34. The molecular formula is C16H16BrN3O. The number of halogens is 1. The first-order valence-electron chi connectivity index (χ1n) is 7.35. The zero-order chi connectivity index (χ0) is 14.6. The van der Waals surface area contributed by atoms with Gasteiger partial charge in [-0.1, -0.05) is 28.8 Å². The number of nitrogens with zero attached hydrogens (tertiary/aromatic N) is 2. The van der Waals surface area contributed by atoms with Crippen molar-refractivity contribution in [3.05, 3.63) is 38.7 Å². The monoisotopic (exact) mass is 345 g/mol. The Labute approximate surface area is 130 Å². The fourth-order valence-corrected chi connectivity index (χ4v) is 3.86. The number of aromatic nitrogens is 3. The average Bonchev–Trinajstić information content (AvgIpc) is 3.06. The van der Waals surface area contributed by atoms with Crippen molar-refractivity contribution in [2.75, 3.05) is 0 Å². The lowest BCUT2D eigenvalue weighted by atomic mass is 10.1. The molecule has 0 saturated heterocycles. The summed E-state index contributed by atoms with van der Waals surface area (Å²) in [6.07, 6.45) is 4.80. The van der Waals surface area contributed by atoms with Crippen LogP contribution in [-0.4, -0.2) is 14.8 Å². The fourth-order valence-electron chi connectivity index (χ4n) is 3.50. The summed E-state index contributed by atoms with van der Waals surface area (Å²) in [5.74, 6) is 0. The van der Waals surface area contributed by atoms with E-state index in [4.69, 9.17) is 5.10 Å². The van der Waals surface area contributed by atoms with Gasteiger partial charge in [-0.05, 0) is 38.0 Å². The summed E-state index contributed by atoms with van der Waals surface area (Å²) in [5, 5.41) is 6.49. The molecule has 1 saturated carbocycles. The molecule has 0 amide bonds. The molecule has 1 N–H and O–H groups in total. The standard InChI is InChI=1S/C16H16BrN3O/c1-9-14-15(20(19-9)11-4-2-3-5-11)12-7-6-10(17)8-13(12)18-16(14)21/h6-8,11H,2-5H2,1H3,(H,18,21). The van der Waals surface area contributed by atoms with Crippen LogP contribution in [0, 0.1) is 6.92 Å². The number of pyridine rings is 1. The van der Waals surface area contributed by atoms with Crippen LogP contribution in [0.4, 0.5) is 0 Å². The van der Waals surface area contributed by atoms with Gasteiger partial charge in [-0.3, -0.25) is 9.48 Å². The highest BCUT2D eigenvalue weighted by Gasteiger charge is 2.23. The van der Waals surface area contributed by atoms with Gasteiger partial charge in [0.1, 0.15) is 0 Å². The molecule has 0 bridgehead atoms. The van der Waals surface area contributed by atoms with Gasteiger partial charge in [-0.25, -0.2) is 0 Å². The number of hydrogen-bond acceptors (Lipinski definition) is 2. The van der Waals surface area contributed by atoms with Crippen molar-refractivity contribution in [3.63, 3.8) is 0 Å². The van der Waals surface area contributed by atoms with Crippen LogP contribution in [0.2, 0.25) is 0 Å². The highest BCUT2D eigenvalue weighted by molar-refractivity contribution is 9.10. The SMILES string of the molecule is Cc1nn(C2CCCC2)c2c1c(=O)[nH]c1cc(Br)ccc12. The van der Waals surface area contributed by atoms with Crippen molar-refractivity contribution in [2.24, 2.45) is 0 Å². The van der Waals surface area contributed by atoms with E-state index in [9.17, 15) is 4.79 Å². The van der Waals surface area contributed by atoms with E-state index in [0.29, 0.717) is 6.04 Å². The molecule has 5 heteroatoms. The Kier molecular flexibility index (Phi) is 2.92. The summed E-state index contributed by atoms with van der Waals surface area (Å²) in [4.78, 5) is 15.4. The summed E-state index contributed by atoms with van der Waals surface area (Å²) in [5.41, 5.74) is 2.63. The van der Waals surface area contributed by atoms with Gasteiger partial charge in [0.25, 0.3) is 5.56 Å². The van der Waals surface area contributed by atoms with Crippen LogP contribution in [0.1, 0.15) is 37.4 Å². The molecule has 1 aliphatic carbocycles. The van der Waals surface area contributed by atoms with Crippen molar-refractivity contribution >= 4 is 37.7 Å². The molecular weight excluding hydrogens is 330 g/mol. The minimum atomic E-state index is -0.0441. The van der Waals surface area contributed by atoms with Gasteiger partial charge in [-0.15, -0.1) is 0 Å². The number of rotatable bonds is 1. The van der Waals surface area contributed by atoms with Crippen LogP contribution in [-0.2, 0) is 0 Å². The van der Waals surface area contributed by atoms with E-state index in [1.807, 2.05) is 19.1 Å². The van der Waals surface area contributed by atoms with Gasteiger partial charge in [0.2, 0.25) is 0 Å². The number of aromatic amines is 1. The predicted molar refractivity (Wildman–Crippen MR) is 87.8 cm³/mol. The first kappa shape index (κ1) is 13.1. The van der Waals surface area contributed by atoms with Crippen LogP contribution in [0.15, 0.2) is 27.5 Å². The van der Waals surface area contributed by atoms with Crippen LogP contribution in [0.25, 0.3) is 21.8 Å². The number of H-pyrrole nitrogens is 1. The molecule has 1 aliphatic rings. The maximum absolute atomic E-state index is 12.4. The predicted octanol–water partition coefficient (Wildman–Crippen LogP) is 4.06. The maximum Gasteiger partial charge on any atom is 0.259 e. The molecule has 2 aromatic heterocycles. The number of aryl methyl sites for hydroxylation is 1. The molecule has 4 rings (SSSR count). The normalized spacial score (nSPS) is 16.3. The molecule has 1 fully saturated rings. The molecule has 0 atom stereocenters. The zero-order valence-corrected chi connectivity index (χ0v) is 13.4. The molecule has 1 aromatic carbocycles. The van der Waals surface area contributed by atoms with Crippen molar-refractivity contribution in [1.82, 2.24) is 14.8 Å². The number of benzene rings is 1. The maximum atomic E-state index is 12.4. The first-order chi connectivity index (χ1) is 10.1. The minimum absolute atomic E-state index is 0.0441. The highest BCUT2D eigenvalue weighted by atomic mass is 79.9. The molecule has 21 heavy (non-hydrogen) atoms. The van der Waals surface area contributed by atoms with Crippen LogP contribution in [0.3, 0.4) is 0 Å². The third kappa shape index (κ3) is 1.94. The van der Waals surface area contributed by atoms with E-state index in [2.05, 4.69) is 31.7 Å². The fraction of sp³-hybridized carbons (Fsp3) is 0.375. The summed E-state index contributed by atoms with van der Waals surface area (Å²) in [6.45, 7) is 1.92. The van der Waals surface area contributed by atoms with Crippen molar-refractivity contribution < 1.29 is 0 Å². The molecule has 0 radical (unpaired) electrons. The third-order valence-corrected chi connectivity index (χ3v) is 4.96. The molecule has 108 valence electrons. The van der Waals surface area contributed by atoms with Gasteiger partial charge >= 0.3 is 0 Å². The average molecular weight is 346 g/mol. The number of hydrogen-bond donors (Lipinski definition) is 1. The molecule has 0 unspecified atom stereocenters. The van der Waals surface area contributed by atoms with E-state index in [-0.39, 0.29) is 5.56 Å². The van der Waals surface area contributed by atoms with Gasteiger partial charge in [0, 0.05) is 9.86 Å². The molecule has 2 heterocycles. The topological polar surface area (TPSA) is 50.7 Å². The number of fused-ring (bicyclic) bond motifs is 3. The van der Waals surface area contributed by atoms with E-state index >= 15 is 0 Å². The quantitative estimate of drug-likeness (QED) is 0.722. The Bertz CT molecular complexity index is 903. The van der Waals surface area contributed by atoms with Gasteiger partial charge < -0.3 is 4.98 Å². The summed E-state index contributed by atoms with van der Waals surface area (Å²) in [7, 11) is 0. The second kappa shape index (κ2) is 4.70. The lowest BCUT2D eigenvalue weighted by Crippen LogP contribution is -2.10. The van der Waals surface area contributed by atoms with E-state index in [1.54, 1.807) is 0 Å². The van der Waals surface area contributed by atoms with Crippen LogP contribution in [0.5, 0.6) is 0 Å². The van der Waals surface area contributed by atoms with E-state index in [0.717, 1.165) is 44.8 Å². The van der Waals surface area contributed by atoms with E-state index in [1.165, 1.54) is 12.8 Å². The molecule has 3 aromatic rings. The van der Waals surface area contributed by atoms with Gasteiger partial charge in [0.15, 0.2) is 0 Å². The third-order valence-electron chi connectivity index (χ3n) is 4.47. The second-order valence-electron chi connectivity index (χ2n) is 5.84. The zero-order valence-electron chi connectivity index (χ0n) is 11.8. The van der Waals surface area contributed by atoms with Crippen LogP contribution < -0.4 is 5.56 Å².